The van der Waals surface area contributed by atoms with E-state index in [1.807, 2.05) is 41.9 Å². The molecule has 1 fully saturated rings. The second kappa shape index (κ2) is 12.7. The number of nitrogens with one attached hydrogen (secondary N) is 1. The fraction of sp³-hybridized carbons (Fsp3) is 0.243. The van der Waals surface area contributed by atoms with Gasteiger partial charge in [0.05, 0.1) is 17.5 Å². The number of phenolic OH excluding ortho intramolecular Hbond substituents is 1. The van der Waals surface area contributed by atoms with Crippen LogP contribution in [-0.4, -0.2) is 60.2 Å². The number of amides is 1. The van der Waals surface area contributed by atoms with E-state index in [4.69, 9.17) is 4.98 Å². The highest BCUT2D eigenvalue weighted by Gasteiger charge is 2.25. The van der Waals surface area contributed by atoms with Crippen LogP contribution >= 0.6 is 0 Å². The van der Waals surface area contributed by atoms with Crippen molar-refractivity contribution in [2.45, 2.75) is 32.4 Å². The minimum Gasteiger partial charge on any atom is -0.508 e. The minimum absolute atomic E-state index is 0.0290. The third-order valence-corrected chi connectivity index (χ3v) is 8.78. The number of aryl methyl sites for hydroxylation is 1. The van der Waals surface area contributed by atoms with Crippen molar-refractivity contribution in [1.82, 2.24) is 29.8 Å². The predicted molar refractivity (Wildman–Crippen MR) is 178 cm³/mol. The van der Waals surface area contributed by atoms with Gasteiger partial charge in [-0.3, -0.25) is 9.69 Å². The number of aliphatic hydroxyl groups is 1. The summed E-state index contributed by atoms with van der Waals surface area (Å²) in [6, 6.07) is 29.5. The van der Waals surface area contributed by atoms with Crippen LogP contribution in [0, 0.1) is 12.8 Å². The van der Waals surface area contributed by atoms with Crippen molar-refractivity contribution in [3.8, 4) is 28.1 Å². The van der Waals surface area contributed by atoms with Crippen molar-refractivity contribution in [3.05, 3.63) is 114 Å². The number of benzene rings is 3. The van der Waals surface area contributed by atoms with Crippen LogP contribution in [-0.2, 0) is 11.3 Å². The lowest BCUT2D eigenvalue weighted by Gasteiger charge is -2.31. The predicted octanol–water partition coefficient (Wildman–Crippen LogP) is 5.69. The van der Waals surface area contributed by atoms with Crippen molar-refractivity contribution in [2.75, 3.05) is 19.6 Å². The molecule has 9 heteroatoms. The van der Waals surface area contributed by atoms with E-state index in [-0.39, 0.29) is 24.1 Å². The number of rotatable bonds is 8. The Morgan fingerprint density at radius 1 is 0.957 bits per heavy atom. The van der Waals surface area contributed by atoms with E-state index in [1.54, 1.807) is 18.2 Å². The average molecular weight is 613 g/mol. The summed E-state index contributed by atoms with van der Waals surface area (Å²) in [5, 5.41) is 28.5. The molecule has 1 atom stereocenters. The van der Waals surface area contributed by atoms with Gasteiger partial charge < -0.3 is 15.5 Å². The number of piperidine rings is 1. The lowest BCUT2D eigenvalue weighted by Crippen LogP contribution is -2.41. The maximum Gasteiger partial charge on any atom is 0.223 e. The molecule has 1 aliphatic rings. The van der Waals surface area contributed by atoms with Crippen LogP contribution in [0.15, 0.2) is 97.2 Å². The molecular weight excluding hydrogens is 576 g/mol. The van der Waals surface area contributed by atoms with Gasteiger partial charge in [-0.25, -0.2) is 9.97 Å². The van der Waals surface area contributed by atoms with E-state index in [9.17, 15) is 15.0 Å². The molecule has 0 bridgehead atoms. The van der Waals surface area contributed by atoms with Crippen molar-refractivity contribution in [3.63, 3.8) is 0 Å². The van der Waals surface area contributed by atoms with Gasteiger partial charge in [0.15, 0.2) is 11.3 Å². The number of pyridine rings is 1. The fourth-order valence-corrected chi connectivity index (χ4v) is 6.28. The smallest absolute Gasteiger partial charge is 0.223 e. The number of phenols is 1. The second-order valence-corrected chi connectivity index (χ2v) is 12.1. The van der Waals surface area contributed by atoms with Gasteiger partial charge in [-0.05, 0) is 67.7 Å². The first-order chi connectivity index (χ1) is 22.4. The number of aromatic nitrogens is 4. The summed E-state index contributed by atoms with van der Waals surface area (Å²) >= 11 is 0. The highest BCUT2D eigenvalue weighted by Crippen LogP contribution is 2.34. The molecule has 4 heterocycles. The van der Waals surface area contributed by atoms with Gasteiger partial charge >= 0.3 is 0 Å². The highest BCUT2D eigenvalue weighted by molar-refractivity contribution is 5.90. The Morgan fingerprint density at radius 2 is 1.74 bits per heavy atom. The Kier molecular flexibility index (Phi) is 8.17. The molecule has 1 saturated heterocycles. The SMILES string of the molecule is Cc1cc2ncc3cc(-c4ccccc4)c(-c4ccc(CN5CCC(C(=O)NCC(O)c6cccc(O)c6)CC5)cc4)nc3n2n1. The number of fused-ring (bicyclic) bond motifs is 3. The van der Waals surface area contributed by atoms with E-state index < -0.39 is 6.10 Å². The largest absolute Gasteiger partial charge is 0.508 e. The van der Waals surface area contributed by atoms with Gasteiger partial charge in [0, 0.05) is 47.8 Å². The molecule has 0 aliphatic carbocycles. The quantitative estimate of drug-likeness (QED) is 0.202. The molecule has 1 unspecified atom stereocenters. The molecule has 0 spiro atoms. The monoisotopic (exact) mass is 612 g/mol. The van der Waals surface area contributed by atoms with Gasteiger partial charge in [-0.1, -0.05) is 66.7 Å². The summed E-state index contributed by atoms with van der Waals surface area (Å²) in [5.41, 5.74) is 8.29. The van der Waals surface area contributed by atoms with E-state index >= 15 is 0 Å². The van der Waals surface area contributed by atoms with Gasteiger partial charge in [-0.2, -0.15) is 9.61 Å². The maximum atomic E-state index is 12.8. The summed E-state index contributed by atoms with van der Waals surface area (Å²) in [6.45, 7) is 4.54. The number of aliphatic hydroxyl groups excluding tert-OH is 1. The fourth-order valence-electron chi connectivity index (χ4n) is 6.28. The van der Waals surface area contributed by atoms with Crippen LogP contribution in [0.25, 0.3) is 39.1 Å². The molecule has 3 aromatic heterocycles. The first-order valence-electron chi connectivity index (χ1n) is 15.7. The molecule has 6 aromatic rings. The molecular formula is C37H36N6O3. The summed E-state index contributed by atoms with van der Waals surface area (Å²) in [7, 11) is 0. The zero-order valence-electron chi connectivity index (χ0n) is 25.7. The van der Waals surface area contributed by atoms with Crippen molar-refractivity contribution in [2.24, 2.45) is 5.92 Å². The molecule has 46 heavy (non-hydrogen) atoms. The first kappa shape index (κ1) is 29.6. The van der Waals surface area contributed by atoms with Gasteiger partial charge in [0.1, 0.15) is 5.75 Å². The number of nitrogens with zero attached hydrogens (tertiary/aromatic N) is 5. The topological polar surface area (TPSA) is 116 Å². The van der Waals surface area contributed by atoms with Crippen molar-refractivity contribution < 1.29 is 15.0 Å². The Bertz CT molecular complexity index is 2000. The van der Waals surface area contributed by atoms with Crippen LogP contribution in [0.1, 0.15) is 35.8 Å². The summed E-state index contributed by atoms with van der Waals surface area (Å²) in [5.74, 6) is -0.0136. The summed E-state index contributed by atoms with van der Waals surface area (Å²) in [6.07, 6.45) is 2.54. The number of hydrogen-bond acceptors (Lipinski definition) is 7. The van der Waals surface area contributed by atoms with Crippen LogP contribution in [0.5, 0.6) is 5.75 Å². The zero-order chi connectivity index (χ0) is 31.6. The normalized spacial score (nSPS) is 14.9. The van der Waals surface area contributed by atoms with E-state index in [0.29, 0.717) is 5.56 Å². The van der Waals surface area contributed by atoms with Gasteiger partial charge in [0.2, 0.25) is 5.91 Å². The molecule has 0 radical (unpaired) electrons. The number of carbonyl (C=O) groups is 1. The summed E-state index contributed by atoms with van der Waals surface area (Å²) < 4.78 is 1.82. The Hall–Kier alpha value is -5.12. The molecule has 3 N–H and O–H groups in total. The lowest BCUT2D eigenvalue weighted by atomic mass is 9.95. The maximum absolute atomic E-state index is 12.8. The molecule has 7 rings (SSSR count). The zero-order valence-corrected chi connectivity index (χ0v) is 25.7. The lowest BCUT2D eigenvalue weighted by molar-refractivity contribution is -0.127. The minimum atomic E-state index is -0.861. The van der Waals surface area contributed by atoms with Gasteiger partial charge in [-0.15, -0.1) is 0 Å². The standard InChI is InChI=1S/C37H36N6O3/c1-24-18-34-38-21-30-20-32(26-6-3-2-4-7-26)35(40-36(30)43(34)41-24)27-12-10-25(11-13-27)23-42-16-14-28(15-17-42)37(46)39-22-33(45)29-8-5-9-31(44)19-29/h2-13,18-21,28,33,44-45H,14-17,22-23H2,1H3,(H,39,46). The Labute approximate surface area is 267 Å². The third-order valence-electron chi connectivity index (χ3n) is 8.78. The van der Waals surface area contributed by atoms with Crippen molar-refractivity contribution >= 4 is 22.6 Å². The Balaban J connectivity index is 1.03. The number of carbonyl (C=O) groups excluding carboxylic acids is 1. The molecule has 1 aliphatic heterocycles. The van der Waals surface area contributed by atoms with Gasteiger partial charge in [0.25, 0.3) is 0 Å². The number of aromatic hydroxyl groups is 1. The molecule has 9 nitrogen and oxygen atoms in total. The van der Waals surface area contributed by atoms with E-state index in [2.05, 4.69) is 62.8 Å². The molecule has 3 aromatic carbocycles. The highest BCUT2D eigenvalue weighted by atomic mass is 16.3. The van der Waals surface area contributed by atoms with E-state index in [1.165, 1.54) is 11.6 Å². The first-order valence-corrected chi connectivity index (χ1v) is 15.7. The average Bonchev–Trinajstić information content (AvgIpc) is 3.48. The summed E-state index contributed by atoms with van der Waals surface area (Å²) in [4.78, 5) is 25.0. The second-order valence-electron chi connectivity index (χ2n) is 12.1. The van der Waals surface area contributed by atoms with Crippen LogP contribution in [0.4, 0.5) is 0 Å². The molecule has 232 valence electrons. The van der Waals surface area contributed by atoms with Crippen LogP contribution in [0.3, 0.4) is 0 Å². The molecule has 1 amide bonds. The number of hydrogen-bond donors (Lipinski definition) is 3. The van der Waals surface area contributed by atoms with Crippen LogP contribution < -0.4 is 5.32 Å². The Morgan fingerprint density at radius 3 is 2.50 bits per heavy atom. The van der Waals surface area contributed by atoms with Crippen LogP contribution in [0.2, 0.25) is 0 Å². The third kappa shape index (κ3) is 6.20. The number of likely N-dealkylation sites (tertiary alicyclic amines) is 1. The van der Waals surface area contributed by atoms with E-state index in [0.717, 1.165) is 77.2 Å². The molecule has 0 saturated carbocycles. The van der Waals surface area contributed by atoms with Crippen molar-refractivity contribution in [1.29, 1.82) is 0 Å².